The number of carbonyl (C=O) groups excluding carboxylic acids is 2. The summed E-state index contributed by atoms with van der Waals surface area (Å²) in [5.41, 5.74) is -1.83. The maximum Gasteiger partial charge on any atom is 0.272 e. The van der Waals surface area contributed by atoms with Crippen LogP contribution in [0.4, 0.5) is 10.1 Å². The molecule has 0 unspecified atom stereocenters. The van der Waals surface area contributed by atoms with Gasteiger partial charge in [-0.05, 0) is 19.9 Å². The lowest BCUT2D eigenvalue weighted by atomic mass is 9.97. The molecule has 112 valence electrons. The number of hydrogen-bond donors (Lipinski definition) is 1. The summed E-state index contributed by atoms with van der Waals surface area (Å²) in [5, 5.41) is 13.2. The van der Waals surface area contributed by atoms with Crippen molar-refractivity contribution < 1.29 is 18.9 Å². The van der Waals surface area contributed by atoms with Gasteiger partial charge in [-0.15, -0.1) is 0 Å². The number of nitrogens with zero attached hydrogens (tertiary/aromatic N) is 2. The molecule has 7 nitrogen and oxygen atoms in total. The maximum absolute atomic E-state index is 13.9. The van der Waals surface area contributed by atoms with Crippen molar-refractivity contribution in [1.29, 1.82) is 0 Å². The second-order valence-corrected chi connectivity index (χ2v) is 5.19. The van der Waals surface area contributed by atoms with Crippen LogP contribution in [-0.2, 0) is 4.79 Å². The van der Waals surface area contributed by atoms with Gasteiger partial charge < -0.3 is 10.2 Å². The predicted molar refractivity (Wildman–Crippen MR) is 71.2 cm³/mol. The second-order valence-electron chi connectivity index (χ2n) is 5.19. The Bertz CT molecular complexity index is 630. The zero-order valence-corrected chi connectivity index (χ0v) is 11.6. The Labute approximate surface area is 119 Å². The van der Waals surface area contributed by atoms with Crippen molar-refractivity contribution in [3.8, 4) is 0 Å². The van der Waals surface area contributed by atoms with Crippen molar-refractivity contribution in [1.82, 2.24) is 10.2 Å². The van der Waals surface area contributed by atoms with E-state index < -0.39 is 27.9 Å². The van der Waals surface area contributed by atoms with Gasteiger partial charge in [-0.3, -0.25) is 19.7 Å². The Morgan fingerprint density at radius 3 is 2.71 bits per heavy atom. The summed E-state index contributed by atoms with van der Waals surface area (Å²) in [6, 6.07) is 2.83. The van der Waals surface area contributed by atoms with Gasteiger partial charge in [0, 0.05) is 19.2 Å². The molecule has 0 radical (unpaired) electrons. The molecular formula is C13H14FN3O4. The lowest BCUT2D eigenvalue weighted by Gasteiger charge is -2.41. The molecule has 1 heterocycles. The summed E-state index contributed by atoms with van der Waals surface area (Å²) >= 11 is 0. The number of rotatable bonds is 2. The van der Waals surface area contributed by atoms with Gasteiger partial charge in [0.15, 0.2) is 0 Å². The van der Waals surface area contributed by atoms with Crippen LogP contribution in [0.5, 0.6) is 0 Å². The van der Waals surface area contributed by atoms with E-state index in [1.54, 1.807) is 13.8 Å². The number of carbonyl (C=O) groups is 2. The highest BCUT2D eigenvalue weighted by Gasteiger charge is 2.41. The minimum Gasteiger partial charge on any atom is -0.352 e. The van der Waals surface area contributed by atoms with Gasteiger partial charge in [0.1, 0.15) is 11.4 Å². The molecule has 0 aliphatic carbocycles. The van der Waals surface area contributed by atoms with Crippen LogP contribution in [0, 0.1) is 15.9 Å². The highest BCUT2D eigenvalue weighted by molar-refractivity contribution is 6.00. The van der Waals surface area contributed by atoms with E-state index in [1.807, 2.05) is 0 Å². The molecule has 0 atom stereocenters. The fourth-order valence-electron chi connectivity index (χ4n) is 2.19. The summed E-state index contributed by atoms with van der Waals surface area (Å²) in [6.45, 7) is 3.64. The molecule has 8 heteroatoms. The van der Waals surface area contributed by atoms with Crippen LogP contribution < -0.4 is 5.32 Å². The number of amides is 2. The molecule has 0 spiro atoms. The zero-order valence-electron chi connectivity index (χ0n) is 11.6. The highest BCUT2D eigenvalue weighted by atomic mass is 19.1. The molecule has 0 saturated carbocycles. The molecular weight excluding hydrogens is 281 g/mol. The number of piperazine rings is 1. The molecule has 1 saturated heterocycles. The average Bonchev–Trinajstić information content (AvgIpc) is 2.41. The molecule has 2 amide bonds. The summed E-state index contributed by atoms with van der Waals surface area (Å²) in [4.78, 5) is 35.3. The third kappa shape index (κ3) is 2.56. The number of non-ortho nitro benzene ring substituents is 1. The van der Waals surface area contributed by atoms with E-state index in [2.05, 4.69) is 5.32 Å². The van der Waals surface area contributed by atoms with Gasteiger partial charge in [-0.2, -0.15) is 0 Å². The number of nitro benzene ring substituents is 1. The van der Waals surface area contributed by atoms with E-state index in [0.717, 1.165) is 12.1 Å². The topological polar surface area (TPSA) is 92.6 Å². The summed E-state index contributed by atoms with van der Waals surface area (Å²) < 4.78 is 13.9. The van der Waals surface area contributed by atoms with Crippen LogP contribution in [0.15, 0.2) is 18.2 Å². The van der Waals surface area contributed by atoms with Crippen molar-refractivity contribution in [2.75, 3.05) is 13.1 Å². The Morgan fingerprint density at radius 2 is 2.14 bits per heavy atom. The first kappa shape index (κ1) is 14.9. The Hall–Kier alpha value is -2.51. The average molecular weight is 295 g/mol. The van der Waals surface area contributed by atoms with Gasteiger partial charge in [0.2, 0.25) is 5.91 Å². The summed E-state index contributed by atoms with van der Waals surface area (Å²) in [7, 11) is 0. The van der Waals surface area contributed by atoms with Crippen LogP contribution in [0.3, 0.4) is 0 Å². The molecule has 1 aromatic carbocycles. The van der Waals surface area contributed by atoms with Crippen LogP contribution in [0.25, 0.3) is 0 Å². The normalized spacial score (nSPS) is 17.3. The van der Waals surface area contributed by atoms with E-state index in [4.69, 9.17) is 0 Å². The van der Waals surface area contributed by atoms with Gasteiger partial charge in [-0.25, -0.2) is 4.39 Å². The molecule has 1 fully saturated rings. The molecule has 1 aromatic rings. The highest BCUT2D eigenvalue weighted by Crippen LogP contribution is 2.23. The first-order chi connectivity index (χ1) is 9.75. The molecule has 1 N–H and O–H groups in total. The zero-order chi connectivity index (χ0) is 15.8. The molecule has 0 bridgehead atoms. The fourth-order valence-corrected chi connectivity index (χ4v) is 2.19. The molecule has 0 aromatic heterocycles. The smallest absolute Gasteiger partial charge is 0.272 e. The Kier molecular flexibility index (Phi) is 3.63. The first-order valence-corrected chi connectivity index (χ1v) is 6.29. The van der Waals surface area contributed by atoms with Crippen LogP contribution >= 0.6 is 0 Å². The SMILES string of the molecule is CC1(C)C(=O)NCCN1C(=O)c1ccc([N+](=O)[O-])cc1F. The van der Waals surface area contributed by atoms with E-state index in [0.29, 0.717) is 6.07 Å². The van der Waals surface area contributed by atoms with Gasteiger partial charge in [0.05, 0.1) is 16.6 Å². The minimum absolute atomic E-state index is 0.244. The Balaban J connectivity index is 2.36. The van der Waals surface area contributed by atoms with E-state index in [9.17, 15) is 24.1 Å². The van der Waals surface area contributed by atoms with Crippen molar-refractivity contribution in [3.05, 3.63) is 39.7 Å². The molecule has 1 aliphatic rings. The van der Waals surface area contributed by atoms with Crippen LogP contribution in [0.1, 0.15) is 24.2 Å². The van der Waals surface area contributed by atoms with Crippen molar-refractivity contribution in [3.63, 3.8) is 0 Å². The fraction of sp³-hybridized carbons (Fsp3) is 0.385. The number of nitrogens with one attached hydrogen (secondary N) is 1. The third-order valence-electron chi connectivity index (χ3n) is 3.49. The van der Waals surface area contributed by atoms with Gasteiger partial charge in [-0.1, -0.05) is 0 Å². The second kappa shape index (κ2) is 5.12. The van der Waals surface area contributed by atoms with Crippen molar-refractivity contribution in [2.24, 2.45) is 0 Å². The quantitative estimate of drug-likeness (QED) is 0.653. The van der Waals surface area contributed by atoms with Crippen molar-refractivity contribution >= 4 is 17.5 Å². The first-order valence-electron chi connectivity index (χ1n) is 6.29. The Morgan fingerprint density at radius 1 is 1.48 bits per heavy atom. The van der Waals surface area contributed by atoms with E-state index >= 15 is 0 Å². The van der Waals surface area contributed by atoms with Gasteiger partial charge >= 0.3 is 0 Å². The number of nitro groups is 1. The summed E-state index contributed by atoms with van der Waals surface area (Å²) in [6.07, 6.45) is 0. The van der Waals surface area contributed by atoms with Crippen LogP contribution in [0.2, 0.25) is 0 Å². The molecule has 21 heavy (non-hydrogen) atoms. The molecule has 2 rings (SSSR count). The van der Waals surface area contributed by atoms with E-state index in [1.165, 1.54) is 4.90 Å². The predicted octanol–water partition coefficient (Wildman–Crippen LogP) is 1.08. The van der Waals surface area contributed by atoms with Crippen molar-refractivity contribution in [2.45, 2.75) is 19.4 Å². The van der Waals surface area contributed by atoms with Gasteiger partial charge in [0.25, 0.3) is 11.6 Å². The maximum atomic E-state index is 13.9. The lowest BCUT2D eigenvalue weighted by molar-refractivity contribution is -0.385. The standard InChI is InChI=1S/C13H14FN3O4/c1-13(2)12(19)15-5-6-16(13)11(18)9-4-3-8(17(20)21)7-10(9)14/h3-4,7H,5-6H2,1-2H3,(H,15,19). The van der Waals surface area contributed by atoms with Crippen LogP contribution in [-0.4, -0.2) is 40.3 Å². The summed E-state index contributed by atoms with van der Waals surface area (Å²) in [5.74, 6) is -1.97. The van der Waals surface area contributed by atoms with E-state index in [-0.39, 0.29) is 24.6 Å². The minimum atomic E-state index is -1.11. The largest absolute Gasteiger partial charge is 0.352 e. The number of hydrogen-bond acceptors (Lipinski definition) is 4. The molecule has 1 aliphatic heterocycles. The lowest BCUT2D eigenvalue weighted by Crippen LogP contribution is -2.63. The monoisotopic (exact) mass is 295 g/mol. The number of benzene rings is 1. The number of halogens is 1. The third-order valence-corrected chi connectivity index (χ3v) is 3.49.